The van der Waals surface area contributed by atoms with Crippen LogP contribution in [0.3, 0.4) is 0 Å². The first kappa shape index (κ1) is 24.9. The van der Waals surface area contributed by atoms with Gasteiger partial charge in [-0.15, -0.1) is 0 Å². The number of carbonyl (C=O) groups excluding carboxylic acids is 2. The van der Waals surface area contributed by atoms with Gasteiger partial charge in [0.25, 0.3) is 0 Å². The van der Waals surface area contributed by atoms with Crippen molar-refractivity contribution in [2.75, 3.05) is 13.1 Å². The van der Waals surface area contributed by atoms with Crippen LogP contribution in [0.5, 0.6) is 0 Å². The molecule has 2 amide bonds. The lowest BCUT2D eigenvalue weighted by atomic mass is 10.0. The van der Waals surface area contributed by atoms with Crippen molar-refractivity contribution in [1.82, 2.24) is 14.9 Å². The summed E-state index contributed by atoms with van der Waals surface area (Å²) < 4.78 is 28.4. The number of benzene rings is 2. The SMILES string of the molecule is Cc1ccc(CNC(=O)C(=O)NCC[C@H]2CCCCN2S(=O)(=O)c2cc(C)ccc2C)cc1. The topological polar surface area (TPSA) is 95.6 Å². The zero-order chi connectivity index (χ0) is 24.0. The van der Waals surface area contributed by atoms with Gasteiger partial charge in [0.05, 0.1) is 4.90 Å². The maximum Gasteiger partial charge on any atom is 0.309 e. The minimum absolute atomic E-state index is 0.209. The van der Waals surface area contributed by atoms with E-state index < -0.39 is 21.8 Å². The highest BCUT2D eigenvalue weighted by Crippen LogP contribution is 2.29. The van der Waals surface area contributed by atoms with Gasteiger partial charge in [0, 0.05) is 25.7 Å². The molecule has 0 spiro atoms. The molecule has 3 rings (SSSR count). The first-order valence-corrected chi connectivity index (χ1v) is 12.8. The molecule has 1 heterocycles. The molecule has 33 heavy (non-hydrogen) atoms. The van der Waals surface area contributed by atoms with Crippen molar-refractivity contribution in [3.8, 4) is 0 Å². The van der Waals surface area contributed by atoms with Gasteiger partial charge in [-0.3, -0.25) is 9.59 Å². The first-order valence-electron chi connectivity index (χ1n) is 11.4. The molecule has 0 saturated carbocycles. The molecule has 1 aliphatic heterocycles. The van der Waals surface area contributed by atoms with Gasteiger partial charge >= 0.3 is 11.8 Å². The molecule has 1 fully saturated rings. The van der Waals surface area contributed by atoms with Gasteiger partial charge in [0.2, 0.25) is 10.0 Å². The number of hydrogen-bond acceptors (Lipinski definition) is 4. The van der Waals surface area contributed by atoms with Crippen molar-refractivity contribution in [3.05, 3.63) is 64.7 Å². The highest BCUT2D eigenvalue weighted by Gasteiger charge is 2.34. The van der Waals surface area contributed by atoms with E-state index in [1.54, 1.807) is 17.3 Å². The van der Waals surface area contributed by atoms with Crippen LogP contribution in [0.1, 0.15) is 47.9 Å². The van der Waals surface area contributed by atoms with Gasteiger partial charge in [-0.05, 0) is 62.8 Å². The van der Waals surface area contributed by atoms with Gasteiger partial charge in [-0.1, -0.05) is 48.4 Å². The van der Waals surface area contributed by atoms with Crippen LogP contribution >= 0.6 is 0 Å². The highest BCUT2D eigenvalue weighted by molar-refractivity contribution is 7.89. The molecule has 2 N–H and O–H groups in total. The Morgan fingerprint density at radius 2 is 1.61 bits per heavy atom. The van der Waals surface area contributed by atoms with E-state index in [1.807, 2.05) is 50.2 Å². The van der Waals surface area contributed by atoms with Crippen molar-refractivity contribution in [3.63, 3.8) is 0 Å². The molecule has 2 aromatic rings. The van der Waals surface area contributed by atoms with Gasteiger partial charge < -0.3 is 10.6 Å². The molecule has 0 bridgehead atoms. The summed E-state index contributed by atoms with van der Waals surface area (Å²) in [4.78, 5) is 24.6. The molecule has 0 unspecified atom stereocenters. The standard InChI is InChI=1S/C25H33N3O4S/c1-18-8-11-21(12-9-18)17-27-25(30)24(29)26-14-13-22-6-4-5-15-28(22)33(31,32)23-16-19(2)7-10-20(23)3/h7-12,16,22H,4-6,13-15,17H2,1-3H3,(H,26,29)(H,27,30)/t22-/m1/s1. The fraction of sp³-hybridized carbons (Fsp3) is 0.440. The van der Waals surface area contributed by atoms with Crippen molar-refractivity contribution in [2.45, 2.75) is 63.9 Å². The number of rotatable bonds is 7. The predicted molar refractivity (Wildman–Crippen MR) is 128 cm³/mol. The van der Waals surface area contributed by atoms with E-state index in [1.165, 1.54) is 0 Å². The summed E-state index contributed by atoms with van der Waals surface area (Å²) in [6.45, 7) is 6.64. The molecule has 8 heteroatoms. The summed E-state index contributed by atoms with van der Waals surface area (Å²) in [5.41, 5.74) is 3.66. The number of sulfonamides is 1. The third kappa shape index (κ3) is 6.42. The third-order valence-corrected chi connectivity index (χ3v) is 8.14. The lowest BCUT2D eigenvalue weighted by molar-refractivity contribution is -0.139. The van der Waals surface area contributed by atoms with Crippen LogP contribution in [0.15, 0.2) is 47.4 Å². The maximum absolute atomic E-state index is 13.4. The Morgan fingerprint density at radius 3 is 2.33 bits per heavy atom. The second-order valence-corrected chi connectivity index (χ2v) is 10.6. The van der Waals surface area contributed by atoms with Crippen molar-refractivity contribution in [2.24, 2.45) is 0 Å². The second kappa shape index (κ2) is 10.9. The van der Waals surface area contributed by atoms with Gasteiger partial charge in [0.15, 0.2) is 0 Å². The van der Waals surface area contributed by atoms with E-state index in [0.29, 0.717) is 17.9 Å². The van der Waals surface area contributed by atoms with Crippen LogP contribution in [0.2, 0.25) is 0 Å². The van der Waals surface area contributed by atoms with E-state index in [9.17, 15) is 18.0 Å². The largest absolute Gasteiger partial charge is 0.348 e. The molecule has 1 saturated heterocycles. The Hall–Kier alpha value is -2.71. The average molecular weight is 472 g/mol. The molecular formula is C25H33N3O4S. The minimum Gasteiger partial charge on any atom is -0.348 e. The van der Waals surface area contributed by atoms with Crippen LogP contribution in [0, 0.1) is 20.8 Å². The summed E-state index contributed by atoms with van der Waals surface area (Å²) in [5, 5.41) is 5.25. The van der Waals surface area contributed by atoms with Crippen LogP contribution in [-0.2, 0) is 26.2 Å². The van der Waals surface area contributed by atoms with E-state index >= 15 is 0 Å². The van der Waals surface area contributed by atoms with Crippen LogP contribution < -0.4 is 10.6 Å². The summed E-state index contributed by atoms with van der Waals surface area (Å²) in [5.74, 6) is -1.40. The second-order valence-electron chi connectivity index (χ2n) is 8.75. The highest BCUT2D eigenvalue weighted by atomic mass is 32.2. The van der Waals surface area contributed by atoms with Crippen molar-refractivity contribution in [1.29, 1.82) is 0 Å². The van der Waals surface area contributed by atoms with E-state index in [-0.39, 0.29) is 19.1 Å². The summed E-state index contributed by atoms with van der Waals surface area (Å²) >= 11 is 0. The van der Waals surface area contributed by atoms with Crippen molar-refractivity contribution < 1.29 is 18.0 Å². The Bertz CT molecular complexity index is 1100. The third-order valence-electron chi connectivity index (χ3n) is 6.05. The molecule has 7 nitrogen and oxygen atoms in total. The summed E-state index contributed by atoms with van der Waals surface area (Å²) in [6.07, 6.45) is 2.95. The lowest BCUT2D eigenvalue weighted by Crippen LogP contribution is -2.46. The molecule has 1 aliphatic rings. The molecule has 2 aromatic carbocycles. The number of carbonyl (C=O) groups is 2. The summed E-state index contributed by atoms with van der Waals surface area (Å²) in [7, 11) is -3.63. The Morgan fingerprint density at radius 1 is 0.939 bits per heavy atom. The molecule has 178 valence electrons. The molecule has 0 aromatic heterocycles. The van der Waals surface area contributed by atoms with E-state index in [2.05, 4.69) is 10.6 Å². The quantitative estimate of drug-likeness (QED) is 0.607. The zero-order valence-corrected chi connectivity index (χ0v) is 20.4. The first-order chi connectivity index (χ1) is 15.7. The molecule has 1 atom stereocenters. The maximum atomic E-state index is 13.4. The fourth-order valence-corrected chi connectivity index (χ4v) is 6.13. The lowest BCUT2D eigenvalue weighted by Gasteiger charge is -2.35. The Kier molecular flexibility index (Phi) is 8.26. The number of nitrogens with zero attached hydrogens (tertiary/aromatic N) is 1. The van der Waals surface area contributed by atoms with E-state index in [0.717, 1.165) is 41.5 Å². The van der Waals surface area contributed by atoms with E-state index in [4.69, 9.17) is 0 Å². The molecule has 0 radical (unpaired) electrons. The smallest absolute Gasteiger partial charge is 0.309 e. The van der Waals surface area contributed by atoms with Crippen molar-refractivity contribution >= 4 is 21.8 Å². The predicted octanol–water partition coefficient (Wildman–Crippen LogP) is 2.98. The molecule has 0 aliphatic carbocycles. The van der Waals surface area contributed by atoms with Crippen LogP contribution in [0.4, 0.5) is 0 Å². The van der Waals surface area contributed by atoms with Gasteiger partial charge in [-0.25, -0.2) is 8.42 Å². The van der Waals surface area contributed by atoms with Crippen LogP contribution in [0.25, 0.3) is 0 Å². The number of hydrogen-bond donors (Lipinski definition) is 2. The monoisotopic (exact) mass is 471 g/mol. The summed E-state index contributed by atoms with van der Waals surface area (Å²) in [6, 6.07) is 12.9. The van der Waals surface area contributed by atoms with Gasteiger partial charge in [-0.2, -0.15) is 4.31 Å². The number of aryl methyl sites for hydroxylation is 3. The Balaban J connectivity index is 1.55. The van der Waals surface area contributed by atoms with Gasteiger partial charge in [0.1, 0.15) is 0 Å². The minimum atomic E-state index is -3.63. The number of nitrogens with one attached hydrogen (secondary N) is 2. The Labute approximate surface area is 196 Å². The number of piperidine rings is 1. The fourth-order valence-electron chi connectivity index (χ4n) is 4.09. The normalized spacial score (nSPS) is 16.9. The zero-order valence-electron chi connectivity index (χ0n) is 19.6. The average Bonchev–Trinajstić information content (AvgIpc) is 2.80. The molecular weight excluding hydrogens is 438 g/mol. The van der Waals surface area contributed by atoms with Crippen LogP contribution in [-0.4, -0.2) is 43.7 Å². The number of amides is 2.